The van der Waals surface area contributed by atoms with E-state index in [-0.39, 0.29) is 11.8 Å². The molecule has 0 saturated carbocycles. The van der Waals surface area contributed by atoms with Crippen LogP contribution in [0.4, 0.5) is 5.13 Å². The Labute approximate surface area is 205 Å². The molecule has 180 valence electrons. The highest BCUT2D eigenvalue weighted by molar-refractivity contribution is 7.18. The summed E-state index contributed by atoms with van der Waals surface area (Å²) in [5, 5.41) is 15.1. The molecule has 0 aliphatic carbocycles. The first kappa shape index (κ1) is 25.4. The number of ether oxygens (including phenoxy) is 1. The van der Waals surface area contributed by atoms with Crippen LogP contribution in [0.5, 0.6) is 5.75 Å². The fraction of sp³-hybridized carbons (Fsp3) is 0.385. The predicted molar refractivity (Wildman–Crippen MR) is 136 cm³/mol. The van der Waals surface area contributed by atoms with Gasteiger partial charge in [0.1, 0.15) is 16.8 Å². The number of benzene rings is 2. The summed E-state index contributed by atoms with van der Waals surface area (Å²) in [6, 6.07) is 16.5. The van der Waals surface area contributed by atoms with E-state index in [1.54, 1.807) is 7.11 Å². The fourth-order valence-corrected chi connectivity index (χ4v) is 4.30. The Morgan fingerprint density at radius 1 is 1.00 bits per heavy atom. The van der Waals surface area contributed by atoms with Crippen LogP contribution < -0.4 is 15.4 Å². The molecule has 34 heavy (non-hydrogen) atoms. The van der Waals surface area contributed by atoms with Crippen LogP contribution in [0.25, 0.3) is 10.6 Å². The third-order valence-electron chi connectivity index (χ3n) is 5.41. The summed E-state index contributed by atoms with van der Waals surface area (Å²) in [5.41, 5.74) is 1.83. The van der Waals surface area contributed by atoms with Crippen LogP contribution in [0, 0.1) is 0 Å². The van der Waals surface area contributed by atoms with Gasteiger partial charge in [-0.15, -0.1) is 10.2 Å². The van der Waals surface area contributed by atoms with Gasteiger partial charge in [-0.2, -0.15) is 0 Å². The minimum absolute atomic E-state index is 0.109. The molecule has 1 heterocycles. The third-order valence-corrected chi connectivity index (χ3v) is 6.30. The van der Waals surface area contributed by atoms with Crippen LogP contribution in [-0.4, -0.2) is 35.2 Å². The van der Waals surface area contributed by atoms with Gasteiger partial charge in [0, 0.05) is 18.4 Å². The SMILES string of the molecule is CCCCCCCC(=O)N[C@H](Cc1ccccc1)C(=O)Nc1nnc(-c2cccc(OC)c2)s1. The average Bonchev–Trinajstić information content (AvgIpc) is 3.32. The molecule has 1 aromatic heterocycles. The Balaban J connectivity index is 1.64. The molecule has 0 fully saturated rings. The molecule has 1 atom stereocenters. The smallest absolute Gasteiger partial charge is 0.249 e. The number of anilines is 1. The number of methoxy groups -OCH3 is 1. The van der Waals surface area contributed by atoms with E-state index in [1.807, 2.05) is 54.6 Å². The number of hydrogen-bond donors (Lipinski definition) is 2. The number of rotatable bonds is 13. The zero-order chi connectivity index (χ0) is 24.2. The molecule has 2 amide bonds. The predicted octanol–water partition coefficient (Wildman–Crippen LogP) is 5.24. The molecule has 0 bridgehead atoms. The molecule has 3 rings (SSSR count). The lowest BCUT2D eigenvalue weighted by atomic mass is 10.0. The molecular weight excluding hydrogens is 448 g/mol. The number of carbonyl (C=O) groups is 2. The fourth-order valence-electron chi connectivity index (χ4n) is 3.55. The Hall–Kier alpha value is -3.26. The van der Waals surface area contributed by atoms with Gasteiger partial charge in [0.15, 0.2) is 0 Å². The molecule has 0 aliphatic heterocycles. The van der Waals surface area contributed by atoms with Crippen LogP contribution >= 0.6 is 11.3 Å². The quantitative estimate of drug-likeness (QED) is 0.326. The van der Waals surface area contributed by atoms with E-state index in [0.29, 0.717) is 23.0 Å². The molecule has 0 aliphatic rings. The van der Waals surface area contributed by atoms with Gasteiger partial charge in [0.2, 0.25) is 16.9 Å². The monoisotopic (exact) mass is 480 g/mol. The summed E-state index contributed by atoms with van der Waals surface area (Å²) in [5.74, 6) is 0.303. The molecule has 2 aromatic carbocycles. The summed E-state index contributed by atoms with van der Waals surface area (Å²) in [6.45, 7) is 2.16. The van der Waals surface area contributed by atoms with Crippen LogP contribution in [0.2, 0.25) is 0 Å². The summed E-state index contributed by atoms with van der Waals surface area (Å²) in [7, 11) is 1.61. The number of hydrogen-bond acceptors (Lipinski definition) is 6. The maximum atomic E-state index is 13.1. The zero-order valence-corrected chi connectivity index (χ0v) is 20.6. The van der Waals surface area contributed by atoms with E-state index < -0.39 is 6.04 Å². The van der Waals surface area contributed by atoms with Gasteiger partial charge in [-0.25, -0.2) is 0 Å². The zero-order valence-electron chi connectivity index (χ0n) is 19.8. The van der Waals surface area contributed by atoms with Crippen LogP contribution in [-0.2, 0) is 16.0 Å². The van der Waals surface area contributed by atoms with E-state index in [9.17, 15) is 9.59 Å². The van der Waals surface area contributed by atoms with Crippen molar-refractivity contribution in [2.45, 2.75) is 57.9 Å². The van der Waals surface area contributed by atoms with Crippen LogP contribution in [0.3, 0.4) is 0 Å². The number of nitrogens with zero attached hydrogens (tertiary/aromatic N) is 2. The highest BCUT2D eigenvalue weighted by atomic mass is 32.1. The average molecular weight is 481 g/mol. The van der Waals surface area contributed by atoms with Crippen molar-refractivity contribution in [3.8, 4) is 16.3 Å². The van der Waals surface area contributed by atoms with Gasteiger partial charge in [0.25, 0.3) is 0 Å². The van der Waals surface area contributed by atoms with E-state index in [4.69, 9.17) is 4.74 Å². The molecular formula is C26H32N4O3S. The Morgan fingerprint density at radius 2 is 1.79 bits per heavy atom. The second-order valence-electron chi connectivity index (χ2n) is 8.11. The van der Waals surface area contributed by atoms with Crippen molar-refractivity contribution in [1.29, 1.82) is 0 Å². The van der Waals surface area contributed by atoms with Crippen molar-refractivity contribution in [3.05, 3.63) is 60.2 Å². The van der Waals surface area contributed by atoms with Gasteiger partial charge in [-0.05, 0) is 24.1 Å². The molecule has 0 spiro atoms. The molecule has 0 saturated heterocycles. The molecule has 0 radical (unpaired) electrons. The Bertz CT molecular complexity index is 1050. The molecule has 8 heteroatoms. The van der Waals surface area contributed by atoms with Gasteiger partial charge < -0.3 is 10.1 Å². The normalized spacial score (nSPS) is 11.6. The maximum Gasteiger partial charge on any atom is 0.249 e. The number of amides is 2. The van der Waals surface area contributed by atoms with E-state index in [0.717, 1.165) is 42.6 Å². The van der Waals surface area contributed by atoms with Gasteiger partial charge in [-0.1, -0.05) is 86.4 Å². The first-order chi connectivity index (χ1) is 16.6. The topological polar surface area (TPSA) is 93.2 Å². The molecule has 2 N–H and O–H groups in total. The van der Waals surface area contributed by atoms with Gasteiger partial charge >= 0.3 is 0 Å². The second-order valence-corrected chi connectivity index (χ2v) is 9.09. The maximum absolute atomic E-state index is 13.1. The lowest BCUT2D eigenvalue weighted by Crippen LogP contribution is -2.45. The summed E-state index contributed by atoms with van der Waals surface area (Å²) < 4.78 is 5.27. The third kappa shape index (κ3) is 7.95. The molecule has 7 nitrogen and oxygen atoms in total. The summed E-state index contributed by atoms with van der Waals surface area (Å²) in [4.78, 5) is 25.7. The second kappa shape index (κ2) is 13.4. The Kier molecular flexibility index (Phi) is 10.0. The summed E-state index contributed by atoms with van der Waals surface area (Å²) >= 11 is 1.28. The van der Waals surface area contributed by atoms with Crippen molar-refractivity contribution < 1.29 is 14.3 Å². The lowest BCUT2D eigenvalue weighted by molar-refractivity contribution is -0.126. The van der Waals surface area contributed by atoms with Crippen molar-refractivity contribution in [3.63, 3.8) is 0 Å². The number of carbonyl (C=O) groups excluding carboxylic acids is 2. The van der Waals surface area contributed by atoms with Crippen LogP contribution in [0.15, 0.2) is 54.6 Å². The molecule has 3 aromatic rings. The van der Waals surface area contributed by atoms with E-state index in [1.165, 1.54) is 17.8 Å². The van der Waals surface area contributed by atoms with Crippen molar-refractivity contribution in [2.24, 2.45) is 0 Å². The molecule has 0 unspecified atom stereocenters. The number of aromatic nitrogens is 2. The highest BCUT2D eigenvalue weighted by Crippen LogP contribution is 2.28. The first-order valence-electron chi connectivity index (χ1n) is 11.7. The van der Waals surface area contributed by atoms with Crippen molar-refractivity contribution in [1.82, 2.24) is 15.5 Å². The number of unbranched alkanes of at least 4 members (excludes halogenated alkanes) is 4. The minimum Gasteiger partial charge on any atom is -0.497 e. The standard InChI is InChI=1S/C26H32N4O3S/c1-3-4-5-6-10-16-23(31)27-22(17-19-12-8-7-9-13-19)24(32)28-26-30-29-25(34-26)20-14-11-15-21(18-20)33-2/h7-9,11-15,18,22H,3-6,10,16-17H2,1-2H3,(H,27,31)(H,28,30,32)/t22-/m1/s1. The van der Waals surface area contributed by atoms with Crippen molar-refractivity contribution in [2.75, 3.05) is 12.4 Å². The van der Waals surface area contributed by atoms with E-state index in [2.05, 4.69) is 27.8 Å². The highest BCUT2D eigenvalue weighted by Gasteiger charge is 2.22. The summed E-state index contributed by atoms with van der Waals surface area (Å²) in [6.07, 6.45) is 6.14. The minimum atomic E-state index is -0.699. The largest absolute Gasteiger partial charge is 0.497 e. The number of nitrogens with one attached hydrogen (secondary N) is 2. The van der Waals surface area contributed by atoms with Gasteiger partial charge in [-0.3, -0.25) is 14.9 Å². The lowest BCUT2D eigenvalue weighted by Gasteiger charge is -2.18. The Morgan fingerprint density at radius 3 is 2.56 bits per heavy atom. The van der Waals surface area contributed by atoms with Crippen molar-refractivity contribution >= 4 is 28.3 Å². The van der Waals surface area contributed by atoms with E-state index >= 15 is 0 Å². The van der Waals surface area contributed by atoms with Gasteiger partial charge in [0.05, 0.1) is 7.11 Å². The van der Waals surface area contributed by atoms with Crippen LogP contribution in [0.1, 0.15) is 51.0 Å². The first-order valence-corrected chi connectivity index (χ1v) is 12.5.